The molecule has 0 bridgehead atoms. The molecule has 1 amide bonds. The van der Waals surface area contributed by atoms with Crippen LogP contribution in [0.25, 0.3) is 16.5 Å². The van der Waals surface area contributed by atoms with E-state index in [9.17, 15) is 9.59 Å². The number of hydrogen-bond acceptors (Lipinski definition) is 4. The fourth-order valence-corrected chi connectivity index (χ4v) is 4.33. The summed E-state index contributed by atoms with van der Waals surface area (Å²) >= 11 is 3.46. The van der Waals surface area contributed by atoms with Gasteiger partial charge in [-0.05, 0) is 80.8 Å². The van der Waals surface area contributed by atoms with E-state index in [-0.39, 0.29) is 5.91 Å². The Morgan fingerprint density at radius 1 is 0.833 bits per heavy atom. The third-order valence-corrected chi connectivity index (χ3v) is 6.20. The van der Waals surface area contributed by atoms with Crippen molar-refractivity contribution in [2.24, 2.45) is 5.10 Å². The molecule has 0 atom stereocenters. The van der Waals surface area contributed by atoms with Crippen molar-refractivity contribution in [1.82, 2.24) is 9.99 Å². The van der Waals surface area contributed by atoms with Crippen molar-refractivity contribution in [2.45, 2.75) is 0 Å². The first-order chi connectivity index (χ1) is 17.6. The number of fused-ring (bicyclic) bond motifs is 1. The highest BCUT2D eigenvalue weighted by atomic mass is 79.9. The predicted molar refractivity (Wildman–Crippen MR) is 144 cm³/mol. The second kappa shape index (κ2) is 10.4. The number of hydrogen-bond donors (Lipinski definition) is 1. The van der Waals surface area contributed by atoms with Crippen molar-refractivity contribution in [3.05, 3.63) is 131 Å². The number of halogens is 1. The molecule has 6 nitrogen and oxygen atoms in total. The van der Waals surface area contributed by atoms with Crippen molar-refractivity contribution in [2.75, 3.05) is 0 Å². The quantitative estimate of drug-likeness (QED) is 0.118. The molecule has 0 radical (unpaired) electrons. The van der Waals surface area contributed by atoms with Crippen LogP contribution in [0.2, 0.25) is 0 Å². The Kier molecular flexibility index (Phi) is 6.73. The number of hydrazone groups is 1. The van der Waals surface area contributed by atoms with Crippen LogP contribution in [-0.2, 0) is 0 Å². The number of benzene rings is 4. The molecule has 4 aromatic carbocycles. The van der Waals surface area contributed by atoms with Crippen molar-refractivity contribution < 1.29 is 14.3 Å². The lowest BCUT2D eigenvalue weighted by molar-refractivity contribution is 0.0735. The van der Waals surface area contributed by atoms with E-state index in [1.165, 1.54) is 6.21 Å². The lowest BCUT2D eigenvalue weighted by atomic mass is 10.0. The molecule has 1 aromatic heterocycles. The molecule has 0 aliphatic rings. The Morgan fingerprint density at radius 3 is 2.39 bits per heavy atom. The van der Waals surface area contributed by atoms with Gasteiger partial charge in [-0.3, -0.25) is 4.79 Å². The molecule has 0 aliphatic heterocycles. The number of carbonyl (C=O) groups excluding carboxylic acids is 2. The van der Waals surface area contributed by atoms with Gasteiger partial charge in [-0.1, -0.05) is 48.5 Å². The van der Waals surface area contributed by atoms with Crippen LogP contribution in [0.15, 0.2) is 119 Å². The van der Waals surface area contributed by atoms with Gasteiger partial charge in [0.2, 0.25) is 0 Å². The number of rotatable bonds is 6. The zero-order chi connectivity index (χ0) is 24.9. The molecule has 5 rings (SSSR count). The fraction of sp³-hybridized carbons (Fsp3) is 0. The number of aromatic nitrogens is 1. The minimum absolute atomic E-state index is 0.324. The van der Waals surface area contributed by atoms with Gasteiger partial charge in [0, 0.05) is 12.4 Å². The summed E-state index contributed by atoms with van der Waals surface area (Å²) in [7, 11) is 0. The summed E-state index contributed by atoms with van der Waals surface area (Å²) in [6.45, 7) is 0. The van der Waals surface area contributed by atoms with Crippen LogP contribution in [0.1, 0.15) is 26.3 Å². The van der Waals surface area contributed by atoms with Gasteiger partial charge in [0.25, 0.3) is 5.91 Å². The zero-order valence-electron chi connectivity index (χ0n) is 19.0. The van der Waals surface area contributed by atoms with Crippen LogP contribution in [0, 0.1) is 0 Å². The zero-order valence-corrected chi connectivity index (χ0v) is 20.6. The van der Waals surface area contributed by atoms with E-state index in [1.54, 1.807) is 36.4 Å². The van der Waals surface area contributed by atoms with Crippen molar-refractivity contribution in [3.63, 3.8) is 0 Å². The summed E-state index contributed by atoms with van der Waals surface area (Å²) in [5, 5.41) is 5.89. The first-order valence-corrected chi connectivity index (χ1v) is 11.9. The smallest absolute Gasteiger partial charge is 0.344 e. The van der Waals surface area contributed by atoms with Gasteiger partial charge in [0.15, 0.2) is 0 Å². The molecule has 0 saturated heterocycles. The molecule has 0 spiro atoms. The second-order valence-corrected chi connectivity index (χ2v) is 8.77. The number of para-hydroxylation sites is 1. The van der Waals surface area contributed by atoms with E-state index >= 15 is 0 Å². The maximum Gasteiger partial charge on any atom is 0.344 e. The number of ether oxygens (including phenoxy) is 1. The largest absolute Gasteiger partial charge is 0.422 e. The normalized spacial score (nSPS) is 11.0. The monoisotopic (exact) mass is 537 g/mol. The number of carbonyl (C=O) groups is 2. The van der Waals surface area contributed by atoms with Crippen LogP contribution >= 0.6 is 15.9 Å². The summed E-state index contributed by atoms with van der Waals surface area (Å²) in [6.07, 6.45) is 5.28. The van der Waals surface area contributed by atoms with Crippen LogP contribution in [0.3, 0.4) is 0 Å². The van der Waals surface area contributed by atoms with E-state index in [2.05, 4.69) is 26.5 Å². The summed E-state index contributed by atoms with van der Waals surface area (Å²) in [5.41, 5.74) is 5.04. The van der Waals surface area contributed by atoms with E-state index < -0.39 is 5.97 Å². The molecule has 0 unspecified atom stereocenters. The first-order valence-electron chi connectivity index (χ1n) is 11.2. The average Bonchev–Trinajstić information content (AvgIpc) is 3.45. The summed E-state index contributed by atoms with van der Waals surface area (Å²) in [5.74, 6) is -0.382. The topological polar surface area (TPSA) is 72.7 Å². The Morgan fingerprint density at radius 2 is 1.56 bits per heavy atom. The summed E-state index contributed by atoms with van der Waals surface area (Å²) < 4.78 is 8.10. The molecule has 5 aromatic rings. The Bertz CT molecular complexity index is 1590. The van der Waals surface area contributed by atoms with Gasteiger partial charge in [-0.25, -0.2) is 10.2 Å². The predicted octanol–water partition coefficient (Wildman–Crippen LogP) is 6.38. The van der Waals surface area contributed by atoms with Gasteiger partial charge >= 0.3 is 5.97 Å². The fourth-order valence-electron chi connectivity index (χ4n) is 3.85. The molecule has 36 heavy (non-hydrogen) atoms. The van der Waals surface area contributed by atoms with Crippen molar-refractivity contribution in [1.29, 1.82) is 0 Å². The molecular formula is C29H20BrN3O3. The highest BCUT2D eigenvalue weighted by Crippen LogP contribution is 2.28. The first kappa shape index (κ1) is 23.3. The summed E-state index contributed by atoms with van der Waals surface area (Å²) in [4.78, 5) is 25.6. The van der Waals surface area contributed by atoms with Crippen LogP contribution in [0.5, 0.6) is 5.75 Å². The van der Waals surface area contributed by atoms with Gasteiger partial charge in [0.1, 0.15) is 5.75 Å². The highest BCUT2D eigenvalue weighted by molar-refractivity contribution is 9.10. The molecule has 176 valence electrons. The van der Waals surface area contributed by atoms with E-state index in [4.69, 9.17) is 4.74 Å². The molecule has 1 heterocycles. The molecule has 0 saturated carbocycles. The number of esters is 1. The average molecular weight is 538 g/mol. The molecule has 7 heteroatoms. The van der Waals surface area contributed by atoms with Crippen LogP contribution in [-0.4, -0.2) is 22.7 Å². The summed E-state index contributed by atoms with van der Waals surface area (Å²) in [6, 6.07) is 29.5. The number of nitrogens with zero attached hydrogens (tertiary/aromatic N) is 2. The maximum atomic E-state index is 12.8. The minimum Gasteiger partial charge on any atom is -0.422 e. The van der Waals surface area contributed by atoms with Crippen LogP contribution in [0.4, 0.5) is 0 Å². The lowest BCUT2D eigenvalue weighted by Crippen LogP contribution is -2.19. The van der Waals surface area contributed by atoms with E-state index in [0.29, 0.717) is 26.9 Å². The molecule has 0 aliphatic carbocycles. The van der Waals surface area contributed by atoms with E-state index in [1.807, 2.05) is 77.6 Å². The SMILES string of the molecule is O=C(N/N=C\c1ccc(OC(=O)c2cccc3ccccc23)c(Br)c1)c1ccccc1-n1cccc1. The second-order valence-electron chi connectivity index (χ2n) is 7.91. The Hall–Kier alpha value is -4.49. The standard InChI is InChI=1S/C29H20BrN3O3/c30-25-18-20(19-31-32-28(34)24-11-3-4-13-26(24)33-16-5-6-17-33)14-15-27(25)36-29(35)23-12-7-9-21-8-1-2-10-22(21)23/h1-19H,(H,32,34)/b31-19-. The van der Waals surface area contributed by atoms with Gasteiger partial charge in [0.05, 0.1) is 27.5 Å². The van der Waals surface area contributed by atoms with Crippen molar-refractivity contribution >= 4 is 44.8 Å². The lowest BCUT2D eigenvalue weighted by Gasteiger charge is -2.10. The number of nitrogens with one attached hydrogen (secondary N) is 1. The maximum absolute atomic E-state index is 12.8. The third-order valence-electron chi connectivity index (χ3n) is 5.58. The third kappa shape index (κ3) is 4.96. The van der Waals surface area contributed by atoms with Gasteiger partial charge in [-0.2, -0.15) is 5.10 Å². The highest BCUT2D eigenvalue weighted by Gasteiger charge is 2.14. The molecule has 0 fully saturated rings. The molecule has 1 N–H and O–H groups in total. The van der Waals surface area contributed by atoms with Gasteiger partial charge < -0.3 is 9.30 Å². The molecular weight excluding hydrogens is 518 g/mol. The Labute approximate surface area is 216 Å². The number of amides is 1. The van der Waals surface area contributed by atoms with Crippen LogP contribution < -0.4 is 10.2 Å². The van der Waals surface area contributed by atoms with E-state index in [0.717, 1.165) is 16.5 Å². The Balaban J connectivity index is 1.27. The van der Waals surface area contributed by atoms with Gasteiger partial charge in [-0.15, -0.1) is 0 Å². The minimum atomic E-state index is -0.442. The van der Waals surface area contributed by atoms with Crippen molar-refractivity contribution in [3.8, 4) is 11.4 Å².